The molecule has 1 aromatic heterocycles. The third-order valence-electron chi connectivity index (χ3n) is 8.85. The summed E-state index contributed by atoms with van der Waals surface area (Å²) >= 11 is 0. The highest BCUT2D eigenvalue weighted by molar-refractivity contribution is 6.04. The van der Waals surface area contributed by atoms with Crippen LogP contribution in [0.3, 0.4) is 0 Å². The first-order chi connectivity index (χ1) is 19.1. The number of fused-ring (bicyclic) bond motifs is 1. The summed E-state index contributed by atoms with van der Waals surface area (Å²) in [6.07, 6.45) is 11.9. The molecule has 2 saturated carbocycles. The van der Waals surface area contributed by atoms with Gasteiger partial charge in [0.2, 0.25) is 0 Å². The van der Waals surface area contributed by atoms with Gasteiger partial charge in [-0.05, 0) is 50.3 Å². The minimum atomic E-state index is -0.0711. The molecule has 204 valence electrons. The number of aromatic nitrogens is 2. The van der Waals surface area contributed by atoms with Crippen molar-refractivity contribution in [2.75, 3.05) is 7.11 Å². The summed E-state index contributed by atoms with van der Waals surface area (Å²) in [5.41, 5.74) is 4.14. The molecule has 39 heavy (non-hydrogen) atoms. The third kappa shape index (κ3) is 4.78. The second kappa shape index (κ2) is 11.0. The van der Waals surface area contributed by atoms with Gasteiger partial charge >= 0.3 is 5.56 Å². The molecule has 2 aromatic carbocycles. The number of nitrogens with zero attached hydrogens (tertiary/aromatic N) is 3. The Kier molecular flexibility index (Phi) is 7.26. The van der Waals surface area contributed by atoms with E-state index in [1.165, 1.54) is 38.5 Å². The fourth-order valence-electron chi connectivity index (χ4n) is 7.00. The lowest BCUT2D eigenvalue weighted by molar-refractivity contribution is 0.0914. The van der Waals surface area contributed by atoms with Crippen LogP contribution in [0.4, 0.5) is 5.69 Å². The van der Waals surface area contributed by atoms with E-state index in [9.17, 15) is 4.79 Å². The average Bonchev–Trinajstić information content (AvgIpc) is 3.31. The van der Waals surface area contributed by atoms with E-state index >= 15 is 0 Å². The zero-order chi connectivity index (χ0) is 26.8. The van der Waals surface area contributed by atoms with Crippen LogP contribution in [-0.4, -0.2) is 34.9 Å². The van der Waals surface area contributed by atoms with Crippen molar-refractivity contribution < 1.29 is 9.47 Å². The number of nitrogens with one attached hydrogen (secondary N) is 1. The van der Waals surface area contributed by atoms with Crippen LogP contribution in [0.2, 0.25) is 0 Å². The Hall–Kier alpha value is -3.45. The van der Waals surface area contributed by atoms with Crippen LogP contribution in [0, 0.1) is 0 Å². The normalized spacial score (nSPS) is 19.4. The van der Waals surface area contributed by atoms with Crippen molar-refractivity contribution in [3.63, 3.8) is 0 Å². The number of benzene rings is 2. The van der Waals surface area contributed by atoms with Gasteiger partial charge in [-0.15, -0.1) is 0 Å². The summed E-state index contributed by atoms with van der Waals surface area (Å²) in [5, 5.41) is 5.36. The lowest BCUT2D eigenvalue weighted by Crippen LogP contribution is -2.61. The van der Waals surface area contributed by atoms with E-state index in [2.05, 4.69) is 4.98 Å². The molecule has 0 spiro atoms. The molecule has 0 bridgehead atoms. The summed E-state index contributed by atoms with van der Waals surface area (Å²) in [6.45, 7) is 2.49. The Morgan fingerprint density at radius 3 is 2.23 bits per heavy atom. The number of aromatic amines is 1. The number of ether oxygens (including phenoxy) is 2. The Bertz CT molecular complexity index is 1380. The molecule has 1 N–H and O–H groups in total. The highest BCUT2D eigenvalue weighted by Crippen LogP contribution is 2.45. The van der Waals surface area contributed by atoms with Gasteiger partial charge in [0.1, 0.15) is 41.7 Å². The number of H-pyrrole nitrogens is 1. The van der Waals surface area contributed by atoms with Crippen LogP contribution in [-0.2, 0) is 6.61 Å². The predicted octanol–water partition coefficient (Wildman–Crippen LogP) is 6.73. The first kappa shape index (κ1) is 25.8. The van der Waals surface area contributed by atoms with Crippen molar-refractivity contribution in [1.82, 2.24) is 14.6 Å². The molecule has 6 rings (SSSR count). The van der Waals surface area contributed by atoms with Gasteiger partial charge in [-0.2, -0.15) is 4.59 Å². The standard InChI is InChI=1S/C32H38N4O3/c1-22-29-30(36(35-22,24-14-8-4-9-15-24)25-16-10-5-11-17-25)32(37)34-31(33-29)27-19-18-26(20-28(27)38-2)39-21-23-12-6-3-7-13-23/h3,6-7,12-13,18-20,24-25H,4-5,8-11,14-17,21H2,1-2H3/p+1. The maximum Gasteiger partial charge on any atom is 0.315 e. The fourth-order valence-corrected chi connectivity index (χ4v) is 7.00. The van der Waals surface area contributed by atoms with Gasteiger partial charge in [-0.3, -0.25) is 4.79 Å². The molecule has 2 aliphatic carbocycles. The summed E-state index contributed by atoms with van der Waals surface area (Å²) in [7, 11) is 1.63. The molecule has 2 fully saturated rings. The Balaban J connectivity index is 1.37. The van der Waals surface area contributed by atoms with E-state index in [-0.39, 0.29) is 5.56 Å². The Labute approximate surface area is 230 Å². The van der Waals surface area contributed by atoms with Crippen LogP contribution in [0.25, 0.3) is 11.4 Å². The molecule has 7 heteroatoms. The predicted molar refractivity (Wildman–Crippen MR) is 155 cm³/mol. The van der Waals surface area contributed by atoms with Crippen LogP contribution in [0.1, 0.15) is 82.4 Å². The highest BCUT2D eigenvalue weighted by atomic mass is 16.5. The third-order valence-corrected chi connectivity index (χ3v) is 8.85. The van der Waals surface area contributed by atoms with Crippen molar-refractivity contribution in [2.45, 2.75) is 89.8 Å². The van der Waals surface area contributed by atoms with Gasteiger partial charge in [0.25, 0.3) is 5.69 Å². The molecule has 0 saturated heterocycles. The van der Waals surface area contributed by atoms with Crippen LogP contribution >= 0.6 is 0 Å². The zero-order valence-electron chi connectivity index (χ0n) is 23.1. The quantitative estimate of drug-likeness (QED) is 0.346. The van der Waals surface area contributed by atoms with Gasteiger partial charge in [0, 0.05) is 31.7 Å². The molecule has 7 nitrogen and oxygen atoms in total. The molecule has 0 amide bonds. The molecule has 0 atom stereocenters. The van der Waals surface area contributed by atoms with Gasteiger partial charge in [0.05, 0.1) is 12.7 Å². The molecule has 3 aromatic rings. The number of rotatable bonds is 7. The molecular formula is C32H39N4O3+. The van der Waals surface area contributed by atoms with E-state index in [0.29, 0.717) is 40.6 Å². The fraction of sp³-hybridized carbons (Fsp3) is 0.469. The molecular weight excluding hydrogens is 488 g/mol. The van der Waals surface area contributed by atoms with E-state index in [0.717, 1.165) is 53.9 Å². The SMILES string of the molecule is COc1cc(OCc2ccccc2)ccc1-c1nc2c(c(=O)[nH]1)[N+](C1CCCCC1)(C1CCCCC1)N=C2C. The average molecular weight is 528 g/mol. The molecule has 0 radical (unpaired) electrons. The minimum absolute atomic E-state index is 0.0711. The van der Waals surface area contributed by atoms with E-state index in [1.807, 2.05) is 55.5 Å². The van der Waals surface area contributed by atoms with Crippen molar-refractivity contribution in [1.29, 1.82) is 0 Å². The van der Waals surface area contributed by atoms with Gasteiger partial charge < -0.3 is 14.5 Å². The summed E-state index contributed by atoms with van der Waals surface area (Å²) in [4.78, 5) is 22.2. The van der Waals surface area contributed by atoms with E-state index in [1.54, 1.807) is 7.11 Å². The number of hydrogen-bond donors (Lipinski definition) is 1. The number of quaternary nitrogens is 1. The van der Waals surface area contributed by atoms with E-state index < -0.39 is 0 Å². The lowest BCUT2D eigenvalue weighted by Gasteiger charge is -2.44. The van der Waals surface area contributed by atoms with Crippen LogP contribution < -0.4 is 19.6 Å². The van der Waals surface area contributed by atoms with Crippen LogP contribution in [0.5, 0.6) is 11.5 Å². The molecule has 3 aliphatic rings. The first-order valence-corrected chi connectivity index (χ1v) is 14.6. The first-order valence-electron chi connectivity index (χ1n) is 14.6. The largest absolute Gasteiger partial charge is 0.496 e. The number of hydrogen-bond acceptors (Lipinski definition) is 5. The topological polar surface area (TPSA) is 76.6 Å². The maximum atomic E-state index is 14.0. The second-order valence-corrected chi connectivity index (χ2v) is 11.3. The van der Waals surface area contributed by atoms with Crippen molar-refractivity contribution >= 4 is 11.4 Å². The van der Waals surface area contributed by atoms with Crippen molar-refractivity contribution in [2.24, 2.45) is 5.10 Å². The summed E-state index contributed by atoms with van der Waals surface area (Å²) in [5.74, 6) is 1.81. The second-order valence-electron chi connectivity index (χ2n) is 11.3. The van der Waals surface area contributed by atoms with Crippen molar-refractivity contribution in [3.05, 3.63) is 70.1 Å². The smallest absolute Gasteiger partial charge is 0.315 e. The Morgan fingerprint density at radius 2 is 1.59 bits per heavy atom. The van der Waals surface area contributed by atoms with Crippen molar-refractivity contribution in [3.8, 4) is 22.9 Å². The highest BCUT2D eigenvalue weighted by Gasteiger charge is 2.54. The molecule has 0 unspecified atom stereocenters. The van der Waals surface area contributed by atoms with Gasteiger partial charge in [0.15, 0.2) is 5.69 Å². The van der Waals surface area contributed by atoms with Gasteiger partial charge in [-0.1, -0.05) is 48.3 Å². The minimum Gasteiger partial charge on any atom is -0.496 e. The Morgan fingerprint density at radius 1 is 0.923 bits per heavy atom. The summed E-state index contributed by atoms with van der Waals surface area (Å²) in [6, 6.07) is 16.4. The molecule has 1 aliphatic heterocycles. The summed E-state index contributed by atoms with van der Waals surface area (Å²) < 4.78 is 12.2. The van der Waals surface area contributed by atoms with Crippen LogP contribution in [0.15, 0.2) is 58.4 Å². The number of methoxy groups -OCH3 is 1. The zero-order valence-corrected chi connectivity index (χ0v) is 23.1. The van der Waals surface area contributed by atoms with E-state index in [4.69, 9.17) is 19.6 Å². The molecule has 2 heterocycles. The monoisotopic (exact) mass is 527 g/mol. The lowest BCUT2D eigenvalue weighted by atomic mass is 9.87. The maximum absolute atomic E-state index is 14.0. The van der Waals surface area contributed by atoms with Gasteiger partial charge in [-0.25, -0.2) is 4.98 Å².